The Bertz CT molecular complexity index is 1610. The van der Waals surface area contributed by atoms with Crippen LogP contribution in [0.1, 0.15) is 11.8 Å². The van der Waals surface area contributed by atoms with E-state index in [2.05, 4.69) is 47.4 Å². The largest absolute Gasteiger partial charge is 0.394 e. The molecule has 1 aliphatic heterocycles. The first kappa shape index (κ1) is 21.0. The number of rotatable bonds is 5. The van der Waals surface area contributed by atoms with E-state index < -0.39 is 42.4 Å². The maximum Gasteiger partial charge on any atom is 0.330 e. The number of nitrogens with zero attached hydrogens (tertiary/aromatic N) is 1. The normalized spacial score (nSPS) is 22.9. The molecule has 0 radical (unpaired) electrons. The highest BCUT2D eigenvalue weighted by Gasteiger charge is 2.45. The van der Waals surface area contributed by atoms with E-state index in [0.29, 0.717) is 0 Å². The number of aliphatic hydroxyl groups excluding tert-OH is 2. The topological polar surface area (TPSA) is 114 Å². The van der Waals surface area contributed by atoms with Gasteiger partial charge in [0.2, 0.25) is 0 Å². The molecule has 0 spiro atoms. The van der Waals surface area contributed by atoms with Crippen LogP contribution in [0.5, 0.6) is 0 Å². The summed E-state index contributed by atoms with van der Waals surface area (Å²) in [6.45, 7) is -0.277. The number of aliphatic hydroxyl groups is 2. The lowest BCUT2D eigenvalue weighted by Gasteiger charge is -2.23. The minimum absolute atomic E-state index is 0.159. The van der Waals surface area contributed by atoms with Gasteiger partial charge in [-0.25, -0.2) is 4.79 Å². The van der Waals surface area contributed by atoms with E-state index in [1.165, 1.54) is 17.6 Å². The summed E-state index contributed by atoms with van der Waals surface area (Å²) in [5.74, 6) is 0. The second kappa shape index (κ2) is 8.03. The first-order valence-electron chi connectivity index (χ1n) is 11.1. The Labute approximate surface area is 192 Å². The zero-order valence-corrected chi connectivity index (χ0v) is 18.0. The van der Waals surface area contributed by atoms with Crippen LogP contribution in [0, 0.1) is 0 Å². The standard InChI is InChI=1S/C26H22N2O6/c29-12-19-23(31)24(25(34-19)28-11-10-20(30)27-26(28)32)33-13-17-7-6-16-5-4-14-2-1-3-15-8-9-18(17)22(16)21(14)15/h1-11,19,23-25,29,31H,12-13H2,(H,27,30,32)/t19-,23?,24?,25-/m1/s1. The first-order chi connectivity index (χ1) is 16.5. The molecule has 5 aromatic rings. The summed E-state index contributed by atoms with van der Waals surface area (Å²) in [7, 11) is 0. The predicted molar refractivity (Wildman–Crippen MR) is 127 cm³/mol. The maximum absolute atomic E-state index is 12.3. The van der Waals surface area contributed by atoms with Crippen LogP contribution in [-0.2, 0) is 16.1 Å². The van der Waals surface area contributed by atoms with Crippen molar-refractivity contribution in [1.82, 2.24) is 9.55 Å². The van der Waals surface area contributed by atoms with Crippen molar-refractivity contribution < 1.29 is 19.7 Å². The third-order valence-corrected chi connectivity index (χ3v) is 6.67. The summed E-state index contributed by atoms with van der Waals surface area (Å²) in [5, 5.41) is 27.2. The highest BCUT2D eigenvalue weighted by Crippen LogP contribution is 2.37. The first-order valence-corrected chi connectivity index (χ1v) is 11.1. The molecule has 1 fully saturated rings. The lowest BCUT2D eigenvalue weighted by molar-refractivity contribution is -0.0795. The number of hydrogen-bond acceptors (Lipinski definition) is 6. The molecule has 172 valence electrons. The van der Waals surface area contributed by atoms with Crippen LogP contribution in [0.3, 0.4) is 0 Å². The van der Waals surface area contributed by atoms with Crippen LogP contribution in [0.25, 0.3) is 32.3 Å². The van der Waals surface area contributed by atoms with E-state index in [9.17, 15) is 19.8 Å². The van der Waals surface area contributed by atoms with E-state index in [-0.39, 0.29) is 6.61 Å². The predicted octanol–water partition coefficient (Wildman–Crippen LogP) is 2.27. The van der Waals surface area contributed by atoms with Crippen molar-refractivity contribution in [3.63, 3.8) is 0 Å². The van der Waals surface area contributed by atoms with Crippen LogP contribution < -0.4 is 11.2 Å². The SMILES string of the molecule is O=c1ccn([C@@H]2O[C@H](CO)C(O)C2OCc2ccc3ccc4cccc5ccc2c3c45)c(=O)[nH]1. The van der Waals surface area contributed by atoms with E-state index in [0.717, 1.165) is 37.1 Å². The smallest absolute Gasteiger partial charge is 0.330 e. The number of ether oxygens (including phenoxy) is 2. The average Bonchev–Trinajstić information content (AvgIpc) is 3.16. The maximum atomic E-state index is 12.3. The number of benzene rings is 4. The van der Waals surface area contributed by atoms with Gasteiger partial charge in [0.15, 0.2) is 6.23 Å². The summed E-state index contributed by atoms with van der Waals surface area (Å²) in [4.78, 5) is 26.0. The van der Waals surface area contributed by atoms with Crippen LogP contribution >= 0.6 is 0 Å². The van der Waals surface area contributed by atoms with Gasteiger partial charge in [-0.2, -0.15) is 0 Å². The van der Waals surface area contributed by atoms with Crippen molar-refractivity contribution in [1.29, 1.82) is 0 Å². The molecule has 8 nitrogen and oxygen atoms in total. The molecule has 1 saturated heterocycles. The Balaban J connectivity index is 1.38. The highest BCUT2D eigenvalue weighted by molar-refractivity contribution is 6.23. The van der Waals surface area contributed by atoms with E-state index in [1.807, 2.05) is 12.1 Å². The molecule has 0 aliphatic carbocycles. The molecular formula is C26H22N2O6. The molecule has 0 bridgehead atoms. The third kappa shape index (κ3) is 3.23. The fourth-order valence-electron chi connectivity index (χ4n) is 5.01. The van der Waals surface area contributed by atoms with Crippen molar-refractivity contribution >= 4 is 32.3 Å². The molecule has 0 saturated carbocycles. The van der Waals surface area contributed by atoms with Crippen molar-refractivity contribution in [2.75, 3.05) is 6.61 Å². The monoisotopic (exact) mass is 458 g/mol. The van der Waals surface area contributed by atoms with Gasteiger partial charge < -0.3 is 19.7 Å². The molecule has 4 aromatic carbocycles. The minimum atomic E-state index is -1.16. The van der Waals surface area contributed by atoms with Crippen LogP contribution in [0.2, 0.25) is 0 Å². The number of H-pyrrole nitrogens is 1. The van der Waals surface area contributed by atoms with Gasteiger partial charge in [0.05, 0.1) is 13.2 Å². The molecule has 34 heavy (non-hydrogen) atoms. The molecule has 3 N–H and O–H groups in total. The van der Waals surface area contributed by atoms with E-state index in [1.54, 1.807) is 0 Å². The van der Waals surface area contributed by atoms with Gasteiger partial charge >= 0.3 is 5.69 Å². The Hall–Kier alpha value is -3.56. The molecule has 4 atom stereocenters. The summed E-state index contributed by atoms with van der Waals surface area (Å²) in [5.41, 5.74) is -0.290. The van der Waals surface area contributed by atoms with Crippen LogP contribution in [0.15, 0.2) is 76.4 Å². The van der Waals surface area contributed by atoms with Gasteiger partial charge in [-0.15, -0.1) is 0 Å². The zero-order chi connectivity index (χ0) is 23.4. The summed E-state index contributed by atoms with van der Waals surface area (Å²) < 4.78 is 13.0. The van der Waals surface area contributed by atoms with Gasteiger partial charge in [0.25, 0.3) is 5.56 Å². The second-order valence-corrected chi connectivity index (χ2v) is 8.61. The zero-order valence-electron chi connectivity index (χ0n) is 18.0. The van der Waals surface area contributed by atoms with Gasteiger partial charge in [-0.3, -0.25) is 14.3 Å². The van der Waals surface area contributed by atoms with Crippen molar-refractivity contribution in [2.45, 2.75) is 31.1 Å². The number of hydrogen-bond donors (Lipinski definition) is 3. The van der Waals surface area contributed by atoms with Gasteiger partial charge in [0, 0.05) is 12.3 Å². The Morgan fingerprint density at radius 2 is 1.65 bits per heavy atom. The van der Waals surface area contributed by atoms with E-state index in [4.69, 9.17) is 9.47 Å². The van der Waals surface area contributed by atoms with Crippen molar-refractivity contribution in [2.24, 2.45) is 0 Å². The Kier molecular flexibility index (Phi) is 4.96. The average molecular weight is 458 g/mol. The lowest BCUT2D eigenvalue weighted by Crippen LogP contribution is -2.39. The summed E-state index contributed by atoms with van der Waals surface area (Å²) in [6.07, 6.45) is -2.72. The fourth-order valence-corrected chi connectivity index (χ4v) is 5.01. The quantitative estimate of drug-likeness (QED) is 0.348. The van der Waals surface area contributed by atoms with Crippen LogP contribution in [-0.4, -0.2) is 44.7 Å². The molecule has 1 aromatic heterocycles. The summed E-state index contributed by atoms with van der Waals surface area (Å²) in [6, 6.07) is 19.9. The Morgan fingerprint density at radius 3 is 2.38 bits per heavy atom. The van der Waals surface area contributed by atoms with Gasteiger partial charge in [-0.05, 0) is 37.9 Å². The summed E-state index contributed by atoms with van der Waals surface area (Å²) >= 11 is 0. The molecular weight excluding hydrogens is 436 g/mol. The number of aromatic amines is 1. The Morgan fingerprint density at radius 1 is 0.941 bits per heavy atom. The number of aromatic nitrogens is 2. The van der Waals surface area contributed by atoms with Crippen molar-refractivity contribution in [3.8, 4) is 0 Å². The van der Waals surface area contributed by atoms with Gasteiger partial charge in [0.1, 0.15) is 18.3 Å². The molecule has 8 heteroatoms. The number of nitrogens with one attached hydrogen (secondary N) is 1. The minimum Gasteiger partial charge on any atom is -0.394 e. The highest BCUT2D eigenvalue weighted by atomic mass is 16.6. The molecule has 2 unspecified atom stereocenters. The second-order valence-electron chi connectivity index (χ2n) is 8.61. The van der Waals surface area contributed by atoms with Gasteiger partial charge in [-0.1, -0.05) is 54.6 Å². The van der Waals surface area contributed by atoms with Crippen molar-refractivity contribution in [3.05, 3.63) is 93.3 Å². The third-order valence-electron chi connectivity index (χ3n) is 6.67. The molecule has 2 heterocycles. The van der Waals surface area contributed by atoms with Crippen LogP contribution in [0.4, 0.5) is 0 Å². The fraction of sp³-hybridized carbons (Fsp3) is 0.231. The lowest BCUT2D eigenvalue weighted by atomic mass is 9.92. The van der Waals surface area contributed by atoms with E-state index >= 15 is 0 Å². The molecule has 6 rings (SSSR count). The molecule has 0 amide bonds. The molecule has 1 aliphatic rings.